The lowest BCUT2D eigenvalue weighted by molar-refractivity contribution is -0.137. The number of rotatable bonds is 14. The van der Waals surface area contributed by atoms with Crippen LogP contribution in [0.5, 0.6) is 11.5 Å². The predicted octanol–water partition coefficient (Wildman–Crippen LogP) is 13.6. The minimum atomic E-state index is -4.71. The van der Waals surface area contributed by atoms with Gasteiger partial charge in [-0.3, -0.25) is 19.2 Å². The van der Waals surface area contributed by atoms with Crippen LogP contribution in [0.4, 0.5) is 39.4 Å². The average molecular weight is 1260 g/mol. The highest BCUT2D eigenvalue weighted by Crippen LogP contribution is 2.43. The monoisotopic (exact) mass is 1250 g/mol. The van der Waals surface area contributed by atoms with Crippen molar-refractivity contribution >= 4 is 103 Å². The van der Waals surface area contributed by atoms with E-state index in [0.717, 1.165) is 85.8 Å². The molecule has 16 nitrogen and oxygen atoms in total. The summed E-state index contributed by atoms with van der Waals surface area (Å²) in [5.41, 5.74) is 2.87. The number of hydrogen-bond donors (Lipinski definition) is 0. The summed E-state index contributed by atoms with van der Waals surface area (Å²) < 4.78 is 103. The van der Waals surface area contributed by atoms with Gasteiger partial charge in [-0.1, -0.05) is 77.2 Å². The molecule has 25 heteroatoms. The number of ether oxygens (including phenoxy) is 4. The first-order valence-corrected chi connectivity index (χ1v) is 29.9. The van der Waals surface area contributed by atoms with Crippen LogP contribution in [0.15, 0.2) is 99.7 Å². The van der Waals surface area contributed by atoms with Gasteiger partial charge in [0.2, 0.25) is 5.91 Å². The molecule has 2 aliphatic carbocycles. The zero-order valence-corrected chi connectivity index (χ0v) is 50.4. The second kappa shape index (κ2) is 28.6. The van der Waals surface area contributed by atoms with Crippen molar-refractivity contribution < 1.29 is 73.4 Å². The van der Waals surface area contributed by atoms with Gasteiger partial charge in [0.05, 0.1) is 69.1 Å². The van der Waals surface area contributed by atoms with E-state index in [1.165, 1.54) is 12.3 Å². The van der Waals surface area contributed by atoms with E-state index >= 15 is 0 Å². The largest absolute Gasteiger partial charge is 0.489 e. The summed E-state index contributed by atoms with van der Waals surface area (Å²) in [6, 6.07) is 17.7. The molecule has 3 heterocycles. The van der Waals surface area contributed by atoms with Crippen LogP contribution >= 0.6 is 46.4 Å². The molecule has 1 aromatic heterocycles. The SMILES string of the molecule is CC(C)=C1OC(=O)N(c2cc(OC3CCCC3)c(Cl)cc2F)C1=O.CC1COc2ccccc2N1C(=O)C(Cl)Cl.CCc1cccc(C)c1N(C(=O)CCl)C(C)COC.CS(=O)(=O)c1cc(C(F)(F)F)ccc1C(=O)c1cnoc1C1CC1. The third kappa shape index (κ3) is 16.2. The van der Waals surface area contributed by atoms with Gasteiger partial charge in [-0.2, -0.15) is 13.2 Å². The van der Waals surface area contributed by atoms with E-state index in [4.69, 9.17) is 69.9 Å². The summed E-state index contributed by atoms with van der Waals surface area (Å²) in [6.45, 7) is 12.2. The Hall–Kier alpha value is -6.23. The lowest BCUT2D eigenvalue weighted by Gasteiger charge is -2.35. The third-order valence-electron chi connectivity index (χ3n) is 13.5. The van der Waals surface area contributed by atoms with Crippen LogP contribution in [-0.2, 0) is 46.3 Å². The molecule has 0 bridgehead atoms. The van der Waals surface area contributed by atoms with E-state index in [9.17, 15) is 50.0 Å². The number of fused-ring (bicyclic) bond motifs is 1. The summed E-state index contributed by atoms with van der Waals surface area (Å²) >= 11 is 23.1. The molecule has 3 fully saturated rings. The maximum Gasteiger partial charge on any atom is 0.427 e. The average Bonchev–Trinajstić information content (AvgIpc) is 3.46. The summed E-state index contributed by atoms with van der Waals surface area (Å²) in [4.78, 5) is 63.4. The number of carbonyl (C=O) groups is 5. The number of halogens is 8. The van der Waals surface area contributed by atoms with Crippen LogP contribution < -0.4 is 24.2 Å². The van der Waals surface area contributed by atoms with E-state index < -0.39 is 54.9 Å². The number of hydrogen-bond acceptors (Lipinski definition) is 13. The molecule has 2 saturated carbocycles. The molecule has 0 spiro atoms. The zero-order valence-electron chi connectivity index (χ0n) is 46.6. The second-order valence-corrected chi connectivity index (χ2v) is 23.8. The first-order valence-electron chi connectivity index (χ1n) is 26.2. The number of sulfone groups is 1. The summed E-state index contributed by atoms with van der Waals surface area (Å²) in [5, 5.41) is 3.66. The van der Waals surface area contributed by atoms with Crippen molar-refractivity contribution in [3.05, 3.63) is 135 Å². The highest BCUT2D eigenvalue weighted by molar-refractivity contribution is 7.90. The molecular formula is C58H62Cl4F4N4O12S. The van der Waals surface area contributed by atoms with Gasteiger partial charge >= 0.3 is 18.2 Å². The van der Waals surface area contributed by atoms with Crippen LogP contribution in [0.2, 0.25) is 5.02 Å². The Kier molecular flexibility index (Phi) is 22.7. The number of anilines is 3. The van der Waals surface area contributed by atoms with Crippen LogP contribution in [0.3, 0.4) is 0 Å². The number of carbonyl (C=O) groups excluding carboxylic acids is 5. The number of methoxy groups -OCH3 is 1. The lowest BCUT2D eigenvalue weighted by atomic mass is 10.0. The van der Waals surface area contributed by atoms with E-state index in [0.29, 0.717) is 47.3 Å². The van der Waals surface area contributed by atoms with Crippen molar-refractivity contribution in [3.63, 3.8) is 0 Å². The number of aryl methyl sites for hydroxylation is 2. The Bertz CT molecular complexity index is 3350. The number of aromatic nitrogens is 1. The number of amides is 4. The van der Waals surface area contributed by atoms with Crippen LogP contribution in [0, 0.1) is 12.7 Å². The molecule has 2 unspecified atom stereocenters. The Morgan fingerprint density at radius 1 is 0.940 bits per heavy atom. The van der Waals surface area contributed by atoms with E-state index in [2.05, 4.69) is 18.1 Å². The van der Waals surface area contributed by atoms with Crippen LogP contribution in [0.1, 0.15) is 117 Å². The fourth-order valence-corrected chi connectivity index (χ4v) is 10.7. The van der Waals surface area contributed by atoms with Crippen LogP contribution in [0.25, 0.3) is 0 Å². The zero-order chi connectivity index (χ0) is 61.2. The van der Waals surface area contributed by atoms with Crippen molar-refractivity contribution in [2.45, 2.75) is 127 Å². The van der Waals surface area contributed by atoms with Gasteiger partial charge in [0.15, 0.2) is 32.0 Å². The van der Waals surface area contributed by atoms with Crippen molar-refractivity contribution in [2.24, 2.45) is 0 Å². The minimum Gasteiger partial charge on any atom is -0.489 e. The second-order valence-electron chi connectivity index (χ2n) is 20.1. The maximum absolute atomic E-state index is 14.3. The molecule has 83 heavy (non-hydrogen) atoms. The molecule has 1 saturated heterocycles. The molecule has 0 N–H and O–H groups in total. The lowest BCUT2D eigenvalue weighted by Crippen LogP contribution is -2.47. The van der Waals surface area contributed by atoms with Crippen molar-refractivity contribution in [1.29, 1.82) is 0 Å². The van der Waals surface area contributed by atoms with Crippen LogP contribution in [-0.4, -0.2) is 98.7 Å². The maximum atomic E-state index is 14.3. The number of cyclic esters (lactones) is 1. The summed E-state index contributed by atoms with van der Waals surface area (Å²) in [7, 11) is -2.40. The van der Waals surface area contributed by atoms with Gasteiger partial charge in [-0.25, -0.2) is 22.5 Å². The molecular weight excluding hydrogens is 1190 g/mol. The van der Waals surface area contributed by atoms with E-state index in [1.54, 1.807) is 30.8 Å². The molecule has 4 aromatic carbocycles. The van der Waals surface area contributed by atoms with Crippen molar-refractivity contribution in [2.75, 3.05) is 47.2 Å². The third-order valence-corrected chi connectivity index (χ3v) is 15.5. The quantitative estimate of drug-likeness (QED) is 0.0442. The summed E-state index contributed by atoms with van der Waals surface area (Å²) in [5.74, 6) is -1.39. The molecule has 5 aromatic rings. The topological polar surface area (TPSA) is 192 Å². The Balaban J connectivity index is 0.000000180. The standard InChI is InChI=1S/C17H17ClFNO4.C15H22ClNO2.C15H12F3NO4S.C11H11Cl2NO2/c1-9(2)15-16(21)20(17(22)24-15)13-8-14(11(18)7-12(13)19)23-10-5-3-4-6-10;1-5-13-8-6-7-11(2)15(13)17(14(18)9-16)12(3)10-19-4;1-24(21,22)12-6-9(15(16,17)18)4-5-10(12)13(20)11-7-19-23-14(11)8-2-3-8;1-7-6-16-9-5-3-2-4-8(9)14(7)11(15)10(12)13/h7-8,10H,3-6H2,1-2H3;6-8,12H,5,9-10H2,1-4H3;4-8H,2-3H2,1H3;2-5,7,10H,6H2,1H3. The first kappa shape index (κ1) is 65.9. The number of para-hydroxylation sites is 3. The van der Waals surface area contributed by atoms with E-state index in [-0.39, 0.29) is 75.1 Å². The molecule has 9 rings (SSSR count). The van der Waals surface area contributed by atoms with Gasteiger partial charge in [0.1, 0.15) is 29.8 Å². The van der Waals surface area contributed by atoms with Gasteiger partial charge in [0.25, 0.3) is 5.91 Å². The molecule has 448 valence electrons. The molecule has 4 aliphatic rings. The van der Waals surface area contributed by atoms with Gasteiger partial charge in [-0.05, 0) is 133 Å². The predicted molar refractivity (Wildman–Crippen MR) is 308 cm³/mol. The molecule has 0 radical (unpaired) electrons. The van der Waals surface area contributed by atoms with Crippen molar-refractivity contribution in [3.8, 4) is 11.5 Å². The first-order chi connectivity index (χ1) is 39.1. The van der Waals surface area contributed by atoms with Gasteiger partial charge in [-0.15, -0.1) is 11.6 Å². The minimum absolute atomic E-state index is 0.00962. The summed E-state index contributed by atoms with van der Waals surface area (Å²) in [6.07, 6.45) is 2.73. The Morgan fingerprint density at radius 3 is 2.19 bits per heavy atom. The number of ketones is 1. The van der Waals surface area contributed by atoms with Gasteiger partial charge < -0.3 is 33.3 Å². The normalized spacial score (nSPS) is 16.3. The van der Waals surface area contributed by atoms with E-state index in [1.807, 2.05) is 57.2 Å². The fraction of sp³-hybridized carbons (Fsp3) is 0.414. The fourth-order valence-electron chi connectivity index (χ4n) is 9.31. The number of benzene rings is 4. The molecule has 4 amide bonds. The van der Waals surface area contributed by atoms with Crippen molar-refractivity contribution in [1.82, 2.24) is 5.16 Å². The highest BCUT2D eigenvalue weighted by atomic mass is 35.5. The molecule has 2 aliphatic heterocycles. The smallest absolute Gasteiger partial charge is 0.427 e. The number of alkyl halides is 6. The number of allylic oxidation sites excluding steroid dienone is 1. The molecule has 2 atom stereocenters. The number of imide groups is 1. The van der Waals surface area contributed by atoms with Gasteiger partial charge in [0, 0.05) is 30.9 Å². The Morgan fingerprint density at radius 2 is 1.61 bits per heavy atom. The number of nitrogens with zero attached hydrogens (tertiary/aromatic N) is 4. The highest BCUT2D eigenvalue weighted by Gasteiger charge is 2.41. The Labute approximate surface area is 498 Å².